The van der Waals surface area contributed by atoms with Crippen LogP contribution in [0.25, 0.3) is 0 Å². The van der Waals surface area contributed by atoms with Gasteiger partial charge in [0.05, 0.1) is 0 Å². The van der Waals surface area contributed by atoms with Gasteiger partial charge in [-0.1, -0.05) is 74.7 Å². The third-order valence-corrected chi connectivity index (χ3v) is 4.53. The Morgan fingerprint density at radius 1 is 0.613 bits per heavy atom. The molecule has 0 aliphatic carbocycles. The van der Waals surface area contributed by atoms with Crippen molar-refractivity contribution in [1.82, 2.24) is 0 Å². The van der Waals surface area contributed by atoms with E-state index in [1.807, 2.05) is 27.7 Å². The van der Waals surface area contributed by atoms with Crippen molar-refractivity contribution in [2.24, 2.45) is 23.5 Å². The molecule has 0 saturated heterocycles. The summed E-state index contributed by atoms with van der Waals surface area (Å²) in [5, 5.41) is 27.5. The summed E-state index contributed by atoms with van der Waals surface area (Å²) in [6, 6.07) is 0. The van der Waals surface area contributed by atoms with Crippen molar-refractivity contribution >= 4 is 17.3 Å². The van der Waals surface area contributed by atoms with Crippen molar-refractivity contribution in [1.29, 1.82) is 0 Å². The molecule has 3 atom stereocenters. The van der Waals surface area contributed by atoms with E-state index in [1.54, 1.807) is 27.7 Å². The summed E-state index contributed by atoms with van der Waals surface area (Å²) in [5.74, 6) is -0.365. The second-order valence-electron chi connectivity index (χ2n) is 8.73. The molecule has 0 amide bonds. The predicted molar refractivity (Wildman–Crippen MR) is 126 cm³/mol. The maximum atomic E-state index is 11.1. The highest BCUT2D eigenvalue weighted by Gasteiger charge is 2.18. The molecule has 0 fully saturated rings. The Bertz CT molecular complexity index is 449. The van der Waals surface area contributed by atoms with Crippen molar-refractivity contribution in [2.75, 3.05) is 6.54 Å². The van der Waals surface area contributed by atoms with Crippen LogP contribution in [0, 0.1) is 17.8 Å². The minimum atomic E-state index is -0.856. The first-order valence-electron chi connectivity index (χ1n) is 11.6. The van der Waals surface area contributed by atoms with Gasteiger partial charge in [-0.2, -0.15) is 0 Å². The van der Waals surface area contributed by atoms with Crippen LogP contribution >= 0.6 is 0 Å². The monoisotopic (exact) mass is 447 g/mol. The molecule has 31 heavy (non-hydrogen) atoms. The predicted octanol–water partition coefficient (Wildman–Crippen LogP) is 3.06. The lowest BCUT2D eigenvalue weighted by atomic mass is 10.0. The number of carbonyl (C=O) groups excluding carboxylic acids is 3. The molecule has 3 unspecified atom stereocenters. The van der Waals surface area contributed by atoms with Crippen molar-refractivity contribution in [3.63, 3.8) is 0 Å². The van der Waals surface area contributed by atoms with Crippen LogP contribution < -0.4 is 5.73 Å². The number of hydrogen-bond acceptors (Lipinski definition) is 7. The summed E-state index contributed by atoms with van der Waals surface area (Å²) in [7, 11) is 0. The number of nitrogens with two attached hydrogens (primary N) is 1. The Hall–Kier alpha value is -1.15. The standard InChI is InChI=1S/C9H18O2.C8H16O2.C7H15NO2/c1-4-5-6-8(10)9(11)7(2)3;1-4-5-7(9)8(10)6(2)3;1-5(2)7(10)6(9)3-4-8/h7-8,10H,4-6H2,1-3H3;6-7,9H,4-5H2,1-3H3;5-6,9H,3-4,8H2,1-2H3. The van der Waals surface area contributed by atoms with E-state index in [0.717, 1.165) is 19.3 Å². The summed E-state index contributed by atoms with van der Waals surface area (Å²) >= 11 is 0. The fourth-order valence-corrected chi connectivity index (χ4v) is 2.41. The van der Waals surface area contributed by atoms with Gasteiger partial charge in [0.2, 0.25) is 0 Å². The van der Waals surface area contributed by atoms with Gasteiger partial charge in [-0.05, 0) is 25.8 Å². The topological polar surface area (TPSA) is 138 Å². The van der Waals surface area contributed by atoms with Crippen molar-refractivity contribution in [2.45, 2.75) is 112 Å². The number of rotatable bonds is 13. The van der Waals surface area contributed by atoms with E-state index in [-0.39, 0.29) is 35.1 Å². The smallest absolute Gasteiger partial charge is 0.163 e. The van der Waals surface area contributed by atoms with Crippen LogP contribution in [0.1, 0.15) is 93.9 Å². The quantitative estimate of drug-likeness (QED) is 0.340. The Balaban J connectivity index is -0.000000380. The van der Waals surface area contributed by atoms with Gasteiger partial charge in [0, 0.05) is 17.8 Å². The molecule has 0 aromatic rings. The van der Waals surface area contributed by atoms with E-state index in [4.69, 9.17) is 15.9 Å². The number of aliphatic hydroxyl groups excluding tert-OH is 3. The van der Waals surface area contributed by atoms with E-state index in [1.165, 1.54) is 0 Å². The number of carbonyl (C=O) groups is 3. The lowest BCUT2D eigenvalue weighted by Gasteiger charge is -2.10. The molecule has 0 radical (unpaired) electrons. The highest BCUT2D eigenvalue weighted by molar-refractivity contribution is 5.85. The first-order chi connectivity index (χ1) is 14.3. The van der Waals surface area contributed by atoms with Crippen LogP contribution in [0.4, 0.5) is 0 Å². The Kier molecular flexibility index (Phi) is 23.1. The minimum absolute atomic E-state index is 0.0292. The second-order valence-corrected chi connectivity index (χ2v) is 8.73. The van der Waals surface area contributed by atoms with Gasteiger partial charge in [-0.3, -0.25) is 14.4 Å². The zero-order chi connectivity index (χ0) is 25.1. The Morgan fingerprint density at radius 2 is 0.935 bits per heavy atom. The SMILES string of the molecule is CC(C)C(=O)C(O)CCN.CCCC(O)C(=O)C(C)C.CCCCC(O)C(=O)C(C)C. The maximum Gasteiger partial charge on any atom is 0.163 e. The van der Waals surface area contributed by atoms with Gasteiger partial charge >= 0.3 is 0 Å². The third kappa shape index (κ3) is 19.3. The van der Waals surface area contributed by atoms with Crippen LogP contribution in [-0.4, -0.2) is 57.5 Å². The van der Waals surface area contributed by atoms with Gasteiger partial charge in [0.1, 0.15) is 18.3 Å². The molecule has 0 saturated carbocycles. The van der Waals surface area contributed by atoms with Crippen LogP contribution in [0.3, 0.4) is 0 Å². The summed E-state index contributed by atoms with van der Waals surface area (Å²) in [6.07, 6.45) is 2.09. The summed E-state index contributed by atoms with van der Waals surface area (Å²) in [4.78, 5) is 33.0. The van der Waals surface area contributed by atoms with Crippen LogP contribution in [0.2, 0.25) is 0 Å². The van der Waals surface area contributed by atoms with E-state index >= 15 is 0 Å². The zero-order valence-corrected chi connectivity index (χ0v) is 21.1. The van der Waals surface area contributed by atoms with E-state index < -0.39 is 18.3 Å². The van der Waals surface area contributed by atoms with Crippen LogP contribution in [0.15, 0.2) is 0 Å². The van der Waals surface area contributed by atoms with Gasteiger partial charge < -0.3 is 21.1 Å². The number of aliphatic hydroxyl groups is 3. The lowest BCUT2D eigenvalue weighted by molar-refractivity contribution is -0.131. The first-order valence-corrected chi connectivity index (χ1v) is 11.6. The van der Waals surface area contributed by atoms with Crippen LogP contribution in [0.5, 0.6) is 0 Å². The Labute approximate surface area is 189 Å². The number of unbranched alkanes of at least 4 members (excludes halogenated alkanes) is 1. The summed E-state index contributed by atoms with van der Waals surface area (Å²) < 4.78 is 0. The Morgan fingerprint density at radius 3 is 1.19 bits per heavy atom. The molecule has 0 aromatic heterocycles. The molecule has 5 N–H and O–H groups in total. The normalized spacial score (nSPS) is 13.6. The van der Waals surface area contributed by atoms with Gasteiger partial charge in [-0.25, -0.2) is 0 Å². The second kappa shape index (κ2) is 20.7. The third-order valence-electron chi connectivity index (χ3n) is 4.53. The van der Waals surface area contributed by atoms with Crippen molar-refractivity contribution in [3.8, 4) is 0 Å². The number of ketones is 3. The molecule has 0 aliphatic rings. The van der Waals surface area contributed by atoms with E-state index in [2.05, 4.69) is 0 Å². The summed E-state index contributed by atoms with van der Waals surface area (Å²) in [5.41, 5.74) is 5.16. The fourth-order valence-electron chi connectivity index (χ4n) is 2.41. The average molecular weight is 448 g/mol. The molecule has 0 aromatic carbocycles. The molecule has 7 heteroatoms. The molecule has 0 spiro atoms. The molecular formula is C24H49NO6. The highest BCUT2D eigenvalue weighted by Crippen LogP contribution is 2.07. The molecular weight excluding hydrogens is 398 g/mol. The number of hydrogen-bond donors (Lipinski definition) is 4. The van der Waals surface area contributed by atoms with Gasteiger partial charge in [-0.15, -0.1) is 0 Å². The van der Waals surface area contributed by atoms with Crippen molar-refractivity contribution in [3.05, 3.63) is 0 Å². The molecule has 186 valence electrons. The lowest BCUT2D eigenvalue weighted by Crippen LogP contribution is -2.27. The zero-order valence-electron chi connectivity index (χ0n) is 21.1. The first kappa shape index (κ1) is 34.5. The molecule has 0 rings (SSSR count). The molecule has 0 bridgehead atoms. The maximum absolute atomic E-state index is 11.1. The molecule has 7 nitrogen and oxygen atoms in total. The van der Waals surface area contributed by atoms with Crippen LogP contribution in [-0.2, 0) is 14.4 Å². The van der Waals surface area contributed by atoms with E-state index in [0.29, 0.717) is 25.8 Å². The molecule has 0 aliphatic heterocycles. The summed E-state index contributed by atoms with van der Waals surface area (Å²) in [6.45, 7) is 15.1. The van der Waals surface area contributed by atoms with Gasteiger partial charge in [0.15, 0.2) is 17.3 Å². The largest absolute Gasteiger partial charge is 0.385 e. The van der Waals surface area contributed by atoms with E-state index in [9.17, 15) is 19.5 Å². The van der Waals surface area contributed by atoms with Crippen molar-refractivity contribution < 1.29 is 29.7 Å². The minimum Gasteiger partial charge on any atom is -0.385 e. The highest BCUT2D eigenvalue weighted by atomic mass is 16.3. The fraction of sp³-hybridized carbons (Fsp3) is 0.875. The number of Topliss-reactive ketones (excluding diaryl/α,β-unsaturated/α-hetero) is 3. The molecule has 0 heterocycles. The van der Waals surface area contributed by atoms with Gasteiger partial charge in [0.25, 0.3) is 0 Å². The average Bonchev–Trinajstić information content (AvgIpc) is 2.71.